The highest BCUT2D eigenvalue weighted by Gasteiger charge is 2.16. The Kier molecular flexibility index (Phi) is 2.94. The molecule has 0 aromatic heterocycles. The Hall–Kier alpha value is -0.300. The summed E-state index contributed by atoms with van der Waals surface area (Å²) in [7, 11) is -3.16. The van der Waals surface area contributed by atoms with E-state index < -0.39 is 7.37 Å². The molecule has 0 amide bonds. The first-order valence-electron chi connectivity index (χ1n) is 3.50. The van der Waals surface area contributed by atoms with E-state index in [1.165, 1.54) is 6.66 Å². The zero-order valence-corrected chi connectivity index (χ0v) is 8.35. The average molecular weight is 205 g/mol. The Balaban J connectivity index is 3.23. The molecule has 0 aliphatic heterocycles. The molecule has 0 heterocycles. The Bertz CT molecular complexity index is 319. The minimum Gasteiger partial charge on any atom is -0.341 e. The van der Waals surface area contributed by atoms with Crippen LogP contribution in [0.5, 0.6) is 0 Å². The maximum atomic E-state index is 11.3. The zero-order chi connectivity index (χ0) is 9.19. The lowest BCUT2D eigenvalue weighted by atomic mass is 10.2. The summed E-state index contributed by atoms with van der Waals surface area (Å²) < 4.78 is 11.3. The number of halogens is 1. The van der Waals surface area contributed by atoms with Crippen molar-refractivity contribution in [3.63, 3.8) is 0 Å². The van der Waals surface area contributed by atoms with Crippen molar-refractivity contribution in [3.05, 3.63) is 29.8 Å². The minimum atomic E-state index is -3.16. The Morgan fingerprint density at radius 2 is 2.08 bits per heavy atom. The summed E-state index contributed by atoms with van der Waals surface area (Å²) in [6, 6.07) is 6.93. The normalized spacial score (nSPS) is 15.6. The summed E-state index contributed by atoms with van der Waals surface area (Å²) in [5, 5.41) is 0.458. The van der Waals surface area contributed by atoms with Crippen molar-refractivity contribution in [1.82, 2.24) is 0 Å². The number of hydrogen-bond acceptors (Lipinski definition) is 1. The van der Waals surface area contributed by atoms with E-state index in [2.05, 4.69) is 0 Å². The first kappa shape index (κ1) is 9.79. The minimum absolute atomic E-state index is 0.272. The fraction of sp³-hybridized carbons (Fsp3) is 0.250. The van der Waals surface area contributed by atoms with Gasteiger partial charge in [-0.25, -0.2) is 0 Å². The SMILES string of the molecule is CP(=O)(O)c1ccccc1CCl. The van der Waals surface area contributed by atoms with Crippen molar-refractivity contribution in [3.8, 4) is 0 Å². The van der Waals surface area contributed by atoms with Crippen molar-refractivity contribution in [2.24, 2.45) is 0 Å². The molecule has 0 bridgehead atoms. The smallest absolute Gasteiger partial charge is 0.226 e. The van der Waals surface area contributed by atoms with Crippen LogP contribution in [0, 0.1) is 0 Å². The molecule has 1 N–H and O–H groups in total. The molecule has 0 saturated carbocycles. The molecule has 0 aliphatic carbocycles. The standard InChI is InChI=1S/C8H10ClO2P/c1-12(10,11)8-5-3-2-4-7(8)6-9/h2-5H,6H2,1H3,(H,10,11). The van der Waals surface area contributed by atoms with Gasteiger partial charge < -0.3 is 4.89 Å². The third kappa shape index (κ3) is 2.10. The number of rotatable bonds is 2. The summed E-state index contributed by atoms with van der Waals surface area (Å²) in [6.07, 6.45) is 0. The van der Waals surface area contributed by atoms with E-state index in [9.17, 15) is 9.46 Å². The van der Waals surface area contributed by atoms with Gasteiger partial charge in [0.25, 0.3) is 0 Å². The van der Waals surface area contributed by atoms with Crippen LogP contribution < -0.4 is 5.30 Å². The lowest BCUT2D eigenvalue weighted by Crippen LogP contribution is -2.08. The van der Waals surface area contributed by atoms with Gasteiger partial charge >= 0.3 is 0 Å². The van der Waals surface area contributed by atoms with Crippen LogP contribution in [0.3, 0.4) is 0 Å². The molecule has 1 atom stereocenters. The van der Waals surface area contributed by atoms with Gasteiger partial charge in [0.1, 0.15) is 0 Å². The number of benzene rings is 1. The molecule has 1 aromatic carbocycles. The van der Waals surface area contributed by atoms with Crippen LogP contribution in [-0.4, -0.2) is 11.6 Å². The van der Waals surface area contributed by atoms with Crippen molar-refractivity contribution >= 4 is 24.3 Å². The van der Waals surface area contributed by atoms with E-state index in [0.717, 1.165) is 5.56 Å². The number of hydrogen-bond donors (Lipinski definition) is 1. The van der Waals surface area contributed by atoms with Gasteiger partial charge in [-0.05, 0) is 11.6 Å². The van der Waals surface area contributed by atoms with Crippen LogP contribution in [0.1, 0.15) is 5.56 Å². The van der Waals surface area contributed by atoms with E-state index in [-0.39, 0.29) is 5.88 Å². The Labute approximate surface area is 76.6 Å². The second-order valence-electron chi connectivity index (χ2n) is 2.64. The van der Waals surface area contributed by atoms with Crippen LogP contribution in [-0.2, 0) is 10.4 Å². The quantitative estimate of drug-likeness (QED) is 0.591. The summed E-state index contributed by atoms with van der Waals surface area (Å²) >= 11 is 5.61. The van der Waals surface area contributed by atoms with Gasteiger partial charge in [0.15, 0.2) is 0 Å². The van der Waals surface area contributed by atoms with Crippen molar-refractivity contribution in [2.75, 3.05) is 6.66 Å². The molecule has 66 valence electrons. The van der Waals surface area contributed by atoms with Gasteiger partial charge in [0.05, 0.1) is 0 Å². The summed E-state index contributed by atoms with van der Waals surface area (Å²) in [6.45, 7) is 1.32. The van der Waals surface area contributed by atoms with Gasteiger partial charge in [0.2, 0.25) is 7.37 Å². The maximum Gasteiger partial charge on any atom is 0.226 e. The molecule has 12 heavy (non-hydrogen) atoms. The average Bonchev–Trinajstić information content (AvgIpc) is 2.03. The molecule has 0 saturated heterocycles. The summed E-state index contributed by atoms with van der Waals surface area (Å²) in [5.74, 6) is 0.272. The van der Waals surface area contributed by atoms with E-state index in [1.54, 1.807) is 24.3 Å². The Morgan fingerprint density at radius 1 is 1.50 bits per heavy atom. The van der Waals surface area contributed by atoms with Gasteiger partial charge in [-0.3, -0.25) is 4.57 Å². The molecule has 4 heteroatoms. The predicted octanol–water partition coefficient (Wildman–Crippen LogP) is 1.95. The van der Waals surface area contributed by atoms with E-state index in [1.807, 2.05) is 0 Å². The van der Waals surface area contributed by atoms with Crippen LogP contribution in [0.25, 0.3) is 0 Å². The summed E-state index contributed by atoms with van der Waals surface area (Å²) in [4.78, 5) is 9.30. The highest BCUT2D eigenvalue weighted by molar-refractivity contribution is 7.65. The largest absolute Gasteiger partial charge is 0.341 e. The first-order valence-corrected chi connectivity index (χ1v) is 6.14. The molecule has 1 rings (SSSR count). The number of alkyl halides is 1. The highest BCUT2D eigenvalue weighted by Crippen LogP contribution is 2.35. The van der Waals surface area contributed by atoms with Crippen molar-refractivity contribution < 1.29 is 9.46 Å². The molecule has 1 aromatic rings. The van der Waals surface area contributed by atoms with E-state index in [0.29, 0.717) is 5.30 Å². The van der Waals surface area contributed by atoms with Gasteiger partial charge in [-0.15, -0.1) is 11.6 Å². The molecule has 1 unspecified atom stereocenters. The molecular formula is C8H10ClO2P. The summed E-state index contributed by atoms with van der Waals surface area (Å²) in [5.41, 5.74) is 0.729. The molecule has 0 aliphatic rings. The topological polar surface area (TPSA) is 37.3 Å². The third-order valence-electron chi connectivity index (χ3n) is 1.58. The monoisotopic (exact) mass is 204 g/mol. The van der Waals surface area contributed by atoms with Crippen LogP contribution in [0.4, 0.5) is 0 Å². The molecule has 0 radical (unpaired) electrons. The Morgan fingerprint density at radius 3 is 2.50 bits per heavy atom. The second-order valence-corrected chi connectivity index (χ2v) is 5.15. The lowest BCUT2D eigenvalue weighted by Gasteiger charge is -2.09. The predicted molar refractivity (Wildman–Crippen MR) is 51.4 cm³/mol. The highest BCUT2D eigenvalue weighted by atomic mass is 35.5. The van der Waals surface area contributed by atoms with Crippen molar-refractivity contribution in [1.29, 1.82) is 0 Å². The fourth-order valence-electron chi connectivity index (χ4n) is 1.03. The maximum absolute atomic E-state index is 11.3. The molecule has 0 spiro atoms. The van der Waals surface area contributed by atoms with Crippen molar-refractivity contribution in [2.45, 2.75) is 5.88 Å². The molecular weight excluding hydrogens is 195 g/mol. The van der Waals surface area contributed by atoms with Crippen LogP contribution >= 0.6 is 19.0 Å². The van der Waals surface area contributed by atoms with E-state index >= 15 is 0 Å². The molecule has 2 nitrogen and oxygen atoms in total. The van der Waals surface area contributed by atoms with Gasteiger partial charge in [-0.1, -0.05) is 18.2 Å². The van der Waals surface area contributed by atoms with Gasteiger partial charge in [-0.2, -0.15) is 0 Å². The zero-order valence-electron chi connectivity index (χ0n) is 6.70. The first-order chi connectivity index (χ1) is 5.55. The third-order valence-corrected chi connectivity index (χ3v) is 3.20. The van der Waals surface area contributed by atoms with Crippen LogP contribution in [0.15, 0.2) is 24.3 Å². The van der Waals surface area contributed by atoms with E-state index in [4.69, 9.17) is 11.6 Å². The second kappa shape index (κ2) is 3.61. The fourth-order valence-corrected chi connectivity index (χ4v) is 2.40. The molecule has 0 fully saturated rings. The van der Waals surface area contributed by atoms with Gasteiger partial charge in [0, 0.05) is 17.8 Å². The van der Waals surface area contributed by atoms with Crippen LogP contribution in [0.2, 0.25) is 0 Å². The lowest BCUT2D eigenvalue weighted by molar-refractivity contribution is 0.496.